The highest BCUT2D eigenvalue weighted by atomic mass is 16.5. The number of nitrogens with zero attached hydrogens (tertiary/aromatic N) is 3. The number of hydrogen-bond acceptors (Lipinski definition) is 6. The third-order valence-electron chi connectivity index (χ3n) is 5.83. The quantitative estimate of drug-likeness (QED) is 0.525. The summed E-state index contributed by atoms with van der Waals surface area (Å²) in [5, 5.41) is 4.09. The molecule has 0 spiro atoms. The van der Waals surface area contributed by atoms with Crippen molar-refractivity contribution in [1.29, 1.82) is 0 Å². The highest BCUT2D eigenvalue weighted by molar-refractivity contribution is 5.62. The van der Waals surface area contributed by atoms with Crippen molar-refractivity contribution in [3.63, 3.8) is 0 Å². The molecule has 0 radical (unpaired) electrons. The fourth-order valence-corrected chi connectivity index (χ4v) is 4.17. The van der Waals surface area contributed by atoms with Gasteiger partial charge in [-0.25, -0.2) is 4.79 Å². The molecule has 0 bridgehead atoms. The predicted molar refractivity (Wildman–Crippen MR) is 125 cm³/mol. The summed E-state index contributed by atoms with van der Waals surface area (Å²) >= 11 is 0. The van der Waals surface area contributed by atoms with E-state index in [-0.39, 0.29) is 18.1 Å². The normalized spacial score (nSPS) is 13.7. The Morgan fingerprint density at radius 2 is 2.03 bits per heavy atom. The van der Waals surface area contributed by atoms with Crippen LogP contribution in [0, 0.1) is 6.92 Å². The number of hydrogen-bond donors (Lipinski definition) is 2. The summed E-state index contributed by atoms with van der Waals surface area (Å²) in [6.45, 7) is 3.06. The minimum atomic E-state index is -0.521. The molecule has 168 valence electrons. The molecule has 1 aromatic carbocycles. The molecular formula is C24H29N5O3. The Kier molecular flexibility index (Phi) is 6.58. The van der Waals surface area contributed by atoms with E-state index in [4.69, 9.17) is 10.3 Å². The van der Waals surface area contributed by atoms with Gasteiger partial charge in [0.15, 0.2) is 0 Å². The van der Waals surface area contributed by atoms with Gasteiger partial charge in [-0.05, 0) is 44.6 Å². The van der Waals surface area contributed by atoms with Crippen LogP contribution in [0.1, 0.15) is 49.1 Å². The molecule has 8 heteroatoms. The third kappa shape index (κ3) is 5.01. The van der Waals surface area contributed by atoms with Gasteiger partial charge < -0.3 is 15.2 Å². The zero-order valence-electron chi connectivity index (χ0n) is 18.3. The fraction of sp³-hybridized carbons (Fsp3) is 0.375. The minimum Gasteiger partial charge on any atom is -0.383 e. The molecule has 1 aliphatic carbocycles. The number of anilines is 2. The maximum absolute atomic E-state index is 12.9. The predicted octanol–water partition coefficient (Wildman–Crippen LogP) is 3.36. The van der Waals surface area contributed by atoms with Crippen molar-refractivity contribution >= 4 is 11.5 Å². The van der Waals surface area contributed by atoms with Crippen LogP contribution in [0.15, 0.2) is 62.2 Å². The first-order chi connectivity index (χ1) is 15.5. The molecule has 8 nitrogen and oxygen atoms in total. The lowest BCUT2D eigenvalue weighted by Gasteiger charge is -2.26. The van der Waals surface area contributed by atoms with Crippen molar-refractivity contribution in [1.82, 2.24) is 14.7 Å². The van der Waals surface area contributed by atoms with Crippen LogP contribution in [0.2, 0.25) is 0 Å². The Bertz CT molecular complexity index is 1210. The van der Waals surface area contributed by atoms with Gasteiger partial charge >= 0.3 is 5.69 Å². The maximum atomic E-state index is 12.9. The minimum absolute atomic E-state index is 0.153. The van der Waals surface area contributed by atoms with Gasteiger partial charge in [0.05, 0.1) is 13.1 Å². The average Bonchev–Trinajstić information content (AvgIpc) is 3.20. The lowest BCUT2D eigenvalue weighted by molar-refractivity contribution is 0.390. The molecule has 2 aromatic heterocycles. The number of rotatable bonds is 8. The lowest BCUT2D eigenvalue weighted by atomic mass is 9.97. The molecule has 4 rings (SSSR count). The number of aromatic amines is 1. The zero-order chi connectivity index (χ0) is 22.5. The Balaban J connectivity index is 1.69. The van der Waals surface area contributed by atoms with Crippen LogP contribution in [0.25, 0.3) is 0 Å². The number of nitrogens with one attached hydrogen (secondary N) is 1. The summed E-state index contributed by atoms with van der Waals surface area (Å²) in [6, 6.07) is 11.4. The van der Waals surface area contributed by atoms with Gasteiger partial charge in [0, 0.05) is 12.6 Å². The van der Waals surface area contributed by atoms with E-state index < -0.39 is 11.2 Å². The highest BCUT2D eigenvalue weighted by Crippen LogP contribution is 2.24. The molecule has 0 fully saturated rings. The molecule has 2 heterocycles. The van der Waals surface area contributed by atoms with Gasteiger partial charge in [-0.2, -0.15) is 0 Å². The number of aryl methyl sites for hydroxylation is 1. The molecule has 0 unspecified atom stereocenters. The van der Waals surface area contributed by atoms with Crippen molar-refractivity contribution in [2.24, 2.45) is 0 Å². The highest BCUT2D eigenvalue weighted by Gasteiger charge is 2.21. The first-order valence-corrected chi connectivity index (χ1v) is 11.0. The van der Waals surface area contributed by atoms with E-state index >= 15 is 0 Å². The third-order valence-corrected chi connectivity index (χ3v) is 5.83. The van der Waals surface area contributed by atoms with E-state index in [0.717, 1.165) is 24.8 Å². The summed E-state index contributed by atoms with van der Waals surface area (Å²) in [5.74, 6) is 0.853. The molecule has 0 aliphatic heterocycles. The maximum Gasteiger partial charge on any atom is 0.330 e. The van der Waals surface area contributed by atoms with Crippen LogP contribution in [0.3, 0.4) is 0 Å². The summed E-state index contributed by atoms with van der Waals surface area (Å²) in [6.07, 6.45) is 7.72. The summed E-state index contributed by atoms with van der Waals surface area (Å²) in [7, 11) is 0. The van der Waals surface area contributed by atoms with E-state index in [1.165, 1.54) is 23.0 Å². The monoisotopic (exact) mass is 435 g/mol. The van der Waals surface area contributed by atoms with Crippen LogP contribution < -0.4 is 21.9 Å². The topological polar surface area (TPSA) is 110 Å². The second kappa shape index (κ2) is 9.72. The molecule has 0 amide bonds. The van der Waals surface area contributed by atoms with Crippen LogP contribution in [-0.2, 0) is 13.1 Å². The van der Waals surface area contributed by atoms with E-state index in [9.17, 15) is 9.59 Å². The smallest absolute Gasteiger partial charge is 0.330 e. The number of aromatic nitrogens is 3. The molecule has 1 aliphatic rings. The van der Waals surface area contributed by atoms with Crippen molar-refractivity contribution in [3.8, 4) is 0 Å². The van der Waals surface area contributed by atoms with Crippen molar-refractivity contribution in [2.75, 3.05) is 17.2 Å². The Morgan fingerprint density at radius 3 is 2.72 bits per heavy atom. The molecule has 3 aromatic rings. The van der Waals surface area contributed by atoms with E-state index in [1.807, 2.05) is 48.2 Å². The van der Waals surface area contributed by atoms with Crippen LogP contribution in [0.5, 0.6) is 0 Å². The first-order valence-electron chi connectivity index (χ1n) is 11.0. The number of nitrogen functional groups attached to an aromatic ring is 1. The second-order valence-electron chi connectivity index (χ2n) is 8.27. The number of H-pyrrole nitrogens is 1. The molecule has 0 atom stereocenters. The van der Waals surface area contributed by atoms with E-state index in [1.54, 1.807) is 0 Å². The first kappa shape index (κ1) is 21.7. The SMILES string of the molecule is Cc1cc(CN(CCC2=CCCCC2)c2c(N)n(Cc3ccccc3)c(=O)[nH]c2=O)no1. The second-order valence-corrected chi connectivity index (χ2v) is 8.27. The Morgan fingerprint density at radius 1 is 1.22 bits per heavy atom. The van der Waals surface area contributed by atoms with Gasteiger partial charge in [-0.1, -0.05) is 47.1 Å². The van der Waals surface area contributed by atoms with Crippen molar-refractivity contribution in [3.05, 3.63) is 85.9 Å². The largest absolute Gasteiger partial charge is 0.383 e. The number of benzene rings is 1. The van der Waals surface area contributed by atoms with E-state index in [2.05, 4.69) is 16.2 Å². The van der Waals surface area contributed by atoms with E-state index in [0.29, 0.717) is 24.5 Å². The molecule has 0 saturated carbocycles. The van der Waals surface area contributed by atoms with Gasteiger partial charge in [-0.15, -0.1) is 0 Å². The Hall–Kier alpha value is -3.55. The molecule has 0 saturated heterocycles. The van der Waals surface area contributed by atoms with Gasteiger partial charge in [0.2, 0.25) is 0 Å². The van der Waals surface area contributed by atoms with Crippen LogP contribution in [-0.4, -0.2) is 21.3 Å². The molecule has 3 N–H and O–H groups in total. The number of allylic oxidation sites excluding steroid dienone is 1. The zero-order valence-corrected chi connectivity index (χ0v) is 18.3. The fourth-order valence-electron chi connectivity index (χ4n) is 4.17. The lowest BCUT2D eigenvalue weighted by Crippen LogP contribution is -2.39. The van der Waals surface area contributed by atoms with Crippen molar-refractivity contribution in [2.45, 2.75) is 52.1 Å². The van der Waals surface area contributed by atoms with Gasteiger partial charge in [0.1, 0.15) is 23.0 Å². The van der Waals surface area contributed by atoms with Crippen LogP contribution in [0.4, 0.5) is 11.5 Å². The summed E-state index contributed by atoms with van der Waals surface area (Å²) in [4.78, 5) is 29.8. The average molecular weight is 436 g/mol. The van der Waals surface area contributed by atoms with Crippen molar-refractivity contribution < 1.29 is 4.52 Å². The molecule has 32 heavy (non-hydrogen) atoms. The number of nitrogens with two attached hydrogens (primary N) is 1. The van der Waals surface area contributed by atoms with Gasteiger partial charge in [-0.3, -0.25) is 14.3 Å². The molecular weight excluding hydrogens is 406 g/mol. The van der Waals surface area contributed by atoms with Crippen LogP contribution >= 0.6 is 0 Å². The summed E-state index contributed by atoms with van der Waals surface area (Å²) < 4.78 is 6.63. The van der Waals surface area contributed by atoms with Gasteiger partial charge in [0.25, 0.3) is 5.56 Å². The Labute approximate surface area is 186 Å². The standard InChI is InChI=1S/C24H29N5O3/c1-17-14-20(27-32-17)16-28(13-12-18-8-4-2-5-9-18)21-22(25)29(24(31)26-23(21)30)15-19-10-6-3-7-11-19/h3,6-8,10-11,14H,2,4-5,9,12-13,15-16,25H2,1H3,(H,26,30,31). The summed E-state index contributed by atoms with van der Waals surface area (Å²) in [5.41, 5.74) is 8.74.